The minimum Gasteiger partial charge on any atom is -0.497 e. The molecular weight excluding hydrogens is 420 g/mol. The number of carbonyl (C=O) groups is 2. The second-order valence-corrected chi connectivity index (χ2v) is 6.87. The van der Waals surface area contributed by atoms with E-state index in [9.17, 15) is 14.9 Å². The number of hydrogen-bond donors (Lipinski definition) is 1. The SMILES string of the molecule is COc1ccc(C(=O)Oc2ccc(C=C(C#N)C(=O)NCc3ccccc3)cc2OC)cc1. The highest BCUT2D eigenvalue weighted by molar-refractivity contribution is 6.01. The minimum absolute atomic E-state index is 0.0593. The van der Waals surface area contributed by atoms with Crippen LogP contribution in [-0.2, 0) is 11.3 Å². The van der Waals surface area contributed by atoms with Crippen molar-refractivity contribution in [1.82, 2.24) is 5.32 Å². The van der Waals surface area contributed by atoms with Gasteiger partial charge >= 0.3 is 5.97 Å². The molecule has 1 amide bonds. The van der Waals surface area contributed by atoms with Gasteiger partial charge in [0.2, 0.25) is 0 Å². The number of methoxy groups -OCH3 is 2. The van der Waals surface area contributed by atoms with E-state index in [1.807, 2.05) is 36.4 Å². The number of ether oxygens (including phenoxy) is 3. The van der Waals surface area contributed by atoms with E-state index >= 15 is 0 Å². The Bertz CT molecular complexity index is 1200. The van der Waals surface area contributed by atoms with Crippen molar-refractivity contribution < 1.29 is 23.8 Å². The molecule has 0 heterocycles. The maximum absolute atomic E-state index is 12.4. The van der Waals surface area contributed by atoms with Crippen LogP contribution in [0.1, 0.15) is 21.5 Å². The third-order valence-corrected chi connectivity index (χ3v) is 4.69. The van der Waals surface area contributed by atoms with Crippen LogP contribution >= 0.6 is 0 Å². The second kappa shape index (κ2) is 11.2. The number of benzene rings is 3. The Morgan fingerprint density at radius 1 is 0.939 bits per heavy atom. The zero-order valence-corrected chi connectivity index (χ0v) is 18.2. The van der Waals surface area contributed by atoms with Gasteiger partial charge in [0, 0.05) is 6.54 Å². The molecule has 0 aromatic heterocycles. The van der Waals surface area contributed by atoms with Crippen LogP contribution < -0.4 is 19.5 Å². The summed E-state index contributed by atoms with van der Waals surface area (Å²) in [5.74, 6) is 0.0732. The molecule has 0 radical (unpaired) electrons. The highest BCUT2D eigenvalue weighted by Gasteiger charge is 2.14. The minimum atomic E-state index is -0.558. The lowest BCUT2D eigenvalue weighted by molar-refractivity contribution is -0.117. The standard InChI is InChI=1S/C26H22N2O5/c1-31-22-11-9-20(10-12-22)26(30)33-23-13-8-19(15-24(23)32-2)14-21(16-27)25(29)28-17-18-6-4-3-5-7-18/h3-15H,17H2,1-2H3,(H,28,29). The smallest absolute Gasteiger partial charge is 0.343 e. The molecule has 0 spiro atoms. The van der Waals surface area contributed by atoms with Gasteiger partial charge in [-0.1, -0.05) is 36.4 Å². The molecule has 3 aromatic carbocycles. The molecule has 0 aliphatic heterocycles. The summed E-state index contributed by atoms with van der Waals surface area (Å²) in [7, 11) is 2.98. The van der Waals surface area contributed by atoms with E-state index in [0.717, 1.165) is 5.56 Å². The molecule has 0 fully saturated rings. The van der Waals surface area contributed by atoms with Gasteiger partial charge in [-0.3, -0.25) is 4.79 Å². The van der Waals surface area contributed by atoms with Crippen molar-refractivity contribution in [2.45, 2.75) is 6.54 Å². The van der Waals surface area contributed by atoms with Crippen molar-refractivity contribution in [2.75, 3.05) is 14.2 Å². The van der Waals surface area contributed by atoms with Crippen molar-refractivity contribution in [3.63, 3.8) is 0 Å². The van der Waals surface area contributed by atoms with E-state index in [2.05, 4.69) is 5.32 Å². The van der Waals surface area contributed by atoms with Crippen molar-refractivity contribution in [2.24, 2.45) is 0 Å². The zero-order chi connectivity index (χ0) is 23.6. The Morgan fingerprint density at radius 2 is 1.67 bits per heavy atom. The van der Waals surface area contributed by atoms with Crippen molar-refractivity contribution in [3.8, 4) is 23.3 Å². The van der Waals surface area contributed by atoms with Crippen LogP contribution in [0, 0.1) is 11.3 Å². The van der Waals surface area contributed by atoms with Crippen LogP contribution in [0.2, 0.25) is 0 Å². The van der Waals surface area contributed by atoms with Crippen LogP contribution in [-0.4, -0.2) is 26.1 Å². The van der Waals surface area contributed by atoms with E-state index in [1.165, 1.54) is 13.2 Å². The number of hydrogen-bond acceptors (Lipinski definition) is 6. The monoisotopic (exact) mass is 442 g/mol. The Balaban J connectivity index is 1.72. The first-order valence-corrected chi connectivity index (χ1v) is 10.0. The van der Waals surface area contributed by atoms with Crippen LogP contribution in [0.25, 0.3) is 6.08 Å². The van der Waals surface area contributed by atoms with Gasteiger partial charge in [-0.15, -0.1) is 0 Å². The highest BCUT2D eigenvalue weighted by atomic mass is 16.6. The van der Waals surface area contributed by atoms with Gasteiger partial charge in [0.1, 0.15) is 17.4 Å². The average molecular weight is 442 g/mol. The van der Waals surface area contributed by atoms with Crippen molar-refractivity contribution in [3.05, 3.63) is 95.1 Å². The first-order chi connectivity index (χ1) is 16.0. The number of nitriles is 1. The van der Waals surface area contributed by atoms with Gasteiger partial charge < -0.3 is 19.5 Å². The zero-order valence-electron chi connectivity index (χ0n) is 18.2. The molecule has 0 saturated carbocycles. The largest absolute Gasteiger partial charge is 0.497 e. The van der Waals surface area contributed by atoms with Gasteiger partial charge in [0.25, 0.3) is 5.91 Å². The summed E-state index contributed by atoms with van der Waals surface area (Å²) in [5.41, 5.74) is 1.76. The van der Waals surface area contributed by atoms with Gasteiger partial charge in [-0.05, 0) is 53.6 Å². The maximum Gasteiger partial charge on any atom is 0.343 e. The topological polar surface area (TPSA) is 97.7 Å². The predicted molar refractivity (Wildman–Crippen MR) is 123 cm³/mol. The first-order valence-electron chi connectivity index (χ1n) is 10.0. The molecule has 0 aliphatic carbocycles. The molecule has 0 unspecified atom stereocenters. The molecule has 33 heavy (non-hydrogen) atoms. The van der Waals surface area contributed by atoms with E-state index in [-0.39, 0.29) is 17.1 Å². The second-order valence-electron chi connectivity index (χ2n) is 6.87. The number of nitrogens with zero attached hydrogens (tertiary/aromatic N) is 1. The number of amides is 1. The molecule has 0 atom stereocenters. The molecule has 1 N–H and O–H groups in total. The summed E-state index contributed by atoms with van der Waals surface area (Å²) in [4.78, 5) is 24.9. The van der Waals surface area contributed by atoms with Gasteiger partial charge in [0.15, 0.2) is 11.5 Å². The van der Waals surface area contributed by atoms with Crippen LogP contribution in [0.5, 0.6) is 17.2 Å². The normalized spacial score (nSPS) is 10.6. The molecule has 166 valence electrons. The molecule has 3 aromatic rings. The third kappa shape index (κ3) is 6.21. The summed E-state index contributed by atoms with van der Waals surface area (Å²) in [6.45, 7) is 0.308. The lowest BCUT2D eigenvalue weighted by Crippen LogP contribution is -2.23. The summed E-state index contributed by atoms with van der Waals surface area (Å²) in [6.07, 6.45) is 1.44. The Labute approximate surface area is 191 Å². The fourth-order valence-electron chi connectivity index (χ4n) is 2.93. The Hall–Kier alpha value is -4.57. The molecule has 0 aliphatic rings. The van der Waals surface area contributed by atoms with Gasteiger partial charge in [0.05, 0.1) is 19.8 Å². The van der Waals surface area contributed by atoms with Crippen molar-refractivity contribution >= 4 is 18.0 Å². The molecule has 7 nitrogen and oxygen atoms in total. The van der Waals surface area contributed by atoms with Crippen LogP contribution in [0.4, 0.5) is 0 Å². The summed E-state index contributed by atoms with van der Waals surface area (Å²) < 4.78 is 15.9. The van der Waals surface area contributed by atoms with Crippen LogP contribution in [0.3, 0.4) is 0 Å². The first kappa shape index (κ1) is 23.1. The van der Waals surface area contributed by atoms with E-state index in [0.29, 0.717) is 23.4 Å². The van der Waals surface area contributed by atoms with Gasteiger partial charge in [-0.2, -0.15) is 5.26 Å². The maximum atomic E-state index is 12.4. The number of rotatable bonds is 8. The lowest BCUT2D eigenvalue weighted by Gasteiger charge is -2.10. The Kier molecular flexibility index (Phi) is 7.81. The highest BCUT2D eigenvalue weighted by Crippen LogP contribution is 2.30. The van der Waals surface area contributed by atoms with E-state index in [1.54, 1.807) is 49.6 Å². The third-order valence-electron chi connectivity index (χ3n) is 4.69. The molecule has 7 heteroatoms. The number of carbonyl (C=O) groups excluding carboxylic acids is 2. The van der Waals surface area contributed by atoms with E-state index < -0.39 is 11.9 Å². The number of esters is 1. The van der Waals surface area contributed by atoms with Gasteiger partial charge in [-0.25, -0.2) is 4.79 Å². The predicted octanol–water partition coefficient (Wildman–Crippen LogP) is 4.15. The van der Waals surface area contributed by atoms with E-state index in [4.69, 9.17) is 14.2 Å². The Morgan fingerprint density at radius 3 is 2.30 bits per heavy atom. The fourth-order valence-corrected chi connectivity index (χ4v) is 2.93. The fraction of sp³-hybridized carbons (Fsp3) is 0.115. The lowest BCUT2D eigenvalue weighted by atomic mass is 10.1. The average Bonchev–Trinajstić information content (AvgIpc) is 2.87. The molecule has 0 saturated heterocycles. The molecule has 3 rings (SSSR count). The summed E-state index contributed by atoms with van der Waals surface area (Å²) in [6, 6.07) is 22.6. The molecule has 0 bridgehead atoms. The van der Waals surface area contributed by atoms with Crippen molar-refractivity contribution in [1.29, 1.82) is 5.26 Å². The summed E-state index contributed by atoms with van der Waals surface area (Å²) in [5, 5.41) is 12.2. The van der Waals surface area contributed by atoms with Crippen LogP contribution in [0.15, 0.2) is 78.4 Å². The molecular formula is C26H22N2O5. The quantitative estimate of drug-likeness (QED) is 0.244. The summed E-state index contributed by atoms with van der Waals surface area (Å²) >= 11 is 0. The number of nitrogens with one attached hydrogen (secondary N) is 1.